The highest BCUT2D eigenvalue weighted by atomic mass is 16.3. The van der Waals surface area contributed by atoms with Crippen molar-refractivity contribution in [1.82, 2.24) is 20.1 Å². The minimum absolute atomic E-state index is 0.0798. The van der Waals surface area contributed by atoms with E-state index in [4.69, 9.17) is 4.42 Å². The first kappa shape index (κ1) is 15.0. The summed E-state index contributed by atoms with van der Waals surface area (Å²) in [7, 11) is 0. The molecule has 0 radical (unpaired) electrons. The molecule has 23 heavy (non-hydrogen) atoms. The molecule has 8 heteroatoms. The van der Waals surface area contributed by atoms with E-state index in [0.717, 1.165) is 5.82 Å². The van der Waals surface area contributed by atoms with Crippen LogP contribution in [0.5, 0.6) is 0 Å². The van der Waals surface area contributed by atoms with Gasteiger partial charge in [0.2, 0.25) is 5.95 Å². The molecule has 0 aliphatic carbocycles. The van der Waals surface area contributed by atoms with E-state index >= 15 is 0 Å². The van der Waals surface area contributed by atoms with Crippen LogP contribution in [-0.4, -0.2) is 58.7 Å². The number of hydrogen-bond acceptors (Lipinski definition) is 7. The van der Waals surface area contributed by atoms with Crippen LogP contribution in [0.2, 0.25) is 0 Å². The third-order valence-electron chi connectivity index (χ3n) is 3.57. The number of rotatable bonds is 5. The molecule has 1 aliphatic rings. The fraction of sp³-hybridized carbons (Fsp3) is 0.333. The van der Waals surface area contributed by atoms with E-state index in [1.807, 2.05) is 0 Å². The van der Waals surface area contributed by atoms with Crippen molar-refractivity contribution in [2.45, 2.75) is 0 Å². The van der Waals surface area contributed by atoms with Crippen LogP contribution in [0.25, 0.3) is 0 Å². The maximum Gasteiger partial charge on any atom is 0.289 e. The number of carbonyl (C=O) groups is 1. The molecule has 0 bridgehead atoms. The predicted molar refractivity (Wildman–Crippen MR) is 85.3 cm³/mol. The Balaban J connectivity index is 1.60. The third kappa shape index (κ3) is 3.47. The second-order valence-electron chi connectivity index (χ2n) is 5.06. The minimum Gasteiger partial charge on any atom is -0.459 e. The summed E-state index contributed by atoms with van der Waals surface area (Å²) in [5, 5.41) is 10.9. The van der Waals surface area contributed by atoms with Crippen LogP contribution in [0, 0.1) is 0 Å². The van der Waals surface area contributed by atoms with Crippen molar-refractivity contribution < 1.29 is 9.21 Å². The molecular formula is C15H18N6O2. The summed E-state index contributed by atoms with van der Waals surface area (Å²) < 4.78 is 5.16. The first-order chi connectivity index (χ1) is 11.3. The fourth-order valence-electron chi connectivity index (χ4n) is 2.38. The lowest BCUT2D eigenvalue weighted by molar-refractivity contribution is 0.0714. The summed E-state index contributed by atoms with van der Waals surface area (Å²) in [4.78, 5) is 20.5. The van der Waals surface area contributed by atoms with Crippen molar-refractivity contribution in [1.29, 1.82) is 0 Å². The number of amides is 1. The molecule has 1 N–H and O–H groups in total. The van der Waals surface area contributed by atoms with Gasteiger partial charge >= 0.3 is 0 Å². The molecule has 1 amide bonds. The number of hydrogen-bond donors (Lipinski definition) is 1. The van der Waals surface area contributed by atoms with Gasteiger partial charge in [0, 0.05) is 32.7 Å². The lowest BCUT2D eigenvalue weighted by Gasteiger charge is -2.34. The van der Waals surface area contributed by atoms with Crippen LogP contribution in [0.1, 0.15) is 10.6 Å². The highest BCUT2D eigenvalue weighted by molar-refractivity contribution is 5.91. The molecule has 3 rings (SSSR count). The molecule has 3 heterocycles. The summed E-state index contributed by atoms with van der Waals surface area (Å²) in [6.45, 7) is 6.81. The van der Waals surface area contributed by atoms with E-state index < -0.39 is 0 Å². The Morgan fingerprint density at radius 1 is 1.39 bits per heavy atom. The van der Waals surface area contributed by atoms with Crippen LogP contribution >= 0.6 is 0 Å². The molecule has 8 nitrogen and oxygen atoms in total. The van der Waals surface area contributed by atoms with Gasteiger partial charge in [-0.05, 0) is 12.1 Å². The summed E-state index contributed by atoms with van der Waals surface area (Å²) >= 11 is 0. The van der Waals surface area contributed by atoms with E-state index in [2.05, 4.69) is 32.0 Å². The Morgan fingerprint density at radius 3 is 2.91 bits per heavy atom. The smallest absolute Gasteiger partial charge is 0.289 e. The minimum atomic E-state index is -0.0798. The molecule has 1 aliphatic heterocycles. The molecule has 0 saturated carbocycles. The van der Waals surface area contributed by atoms with Gasteiger partial charge in [0.25, 0.3) is 5.91 Å². The lowest BCUT2D eigenvalue weighted by Crippen LogP contribution is -2.49. The largest absolute Gasteiger partial charge is 0.459 e. The van der Waals surface area contributed by atoms with Gasteiger partial charge in [0.05, 0.1) is 12.5 Å². The predicted octanol–water partition coefficient (Wildman–Crippen LogP) is 1.02. The summed E-state index contributed by atoms with van der Waals surface area (Å²) in [6.07, 6.45) is 4.87. The Labute approximate surface area is 133 Å². The maximum atomic E-state index is 12.2. The van der Waals surface area contributed by atoms with Gasteiger partial charge in [0.1, 0.15) is 0 Å². The molecule has 1 saturated heterocycles. The molecule has 0 aromatic carbocycles. The first-order valence-corrected chi connectivity index (χ1v) is 7.40. The van der Waals surface area contributed by atoms with Crippen molar-refractivity contribution in [3.8, 4) is 0 Å². The number of nitrogens with one attached hydrogen (secondary N) is 1. The highest BCUT2D eigenvalue weighted by Gasteiger charge is 2.24. The number of furan rings is 1. The van der Waals surface area contributed by atoms with Gasteiger partial charge in [0.15, 0.2) is 11.6 Å². The Kier molecular flexibility index (Phi) is 4.51. The standard InChI is InChI=1S/C15H18N6O2/c1-2-5-16-15-18-13(11-17-19-15)20-6-8-21(9-7-20)14(22)12-4-3-10-23-12/h2-4,10-11H,1,5-9H2,(H,16,18,19). The molecule has 0 atom stereocenters. The normalized spacial score (nSPS) is 14.6. The Bertz CT molecular complexity index is 664. The number of carbonyl (C=O) groups excluding carboxylic acids is 1. The molecule has 2 aromatic rings. The van der Waals surface area contributed by atoms with Crippen LogP contribution in [0.15, 0.2) is 41.7 Å². The molecule has 1 fully saturated rings. The molecule has 120 valence electrons. The second-order valence-corrected chi connectivity index (χ2v) is 5.06. The summed E-state index contributed by atoms with van der Waals surface area (Å²) in [5.41, 5.74) is 0. The van der Waals surface area contributed by atoms with E-state index in [-0.39, 0.29) is 5.91 Å². The van der Waals surface area contributed by atoms with Crippen molar-refractivity contribution in [2.24, 2.45) is 0 Å². The summed E-state index contributed by atoms with van der Waals surface area (Å²) in [5.74, 6) is 1.51. The topological polar surface area (TPSA) is 87.4 Å². The third-order valence-corrected chi connectivity index (χ3v) is 3.57. The van der Waals surface area contributed by atoms with Crippen LogP contribution in [0.3, 0.4) is 0 Å². The second kappa shape index (κ2) is 6.91. The van der Waals surface area contributed by atoms with Gasteiger partial charge < -0.3 is 19.5 Å². The number of piperazine rings is 1. The van der Waals surface area contributed by atoms with Crippen molar-refractivity contribution in [2.75, 3.05) is 42.9 Å². The van der Waals surface area contributed by atoms with Gasteiger partial charge in [-0.1, -0.05) is 6.08 Å². The average Bonchev–Trinajstić information content (AvgIpc) is 3.14. The SMILES string of the molecule is C=CCNc1nncc(N2CCN(C(=O)c3ccco3)CC2)n1. The zero-order valence-corrected chi connectivity index (χ0v) is 12.7. The van der Waals surface area contributed by atoms with Crippen molar-refractivity contribution >= 4 is 17.7 Å². The van der Waals surface area contributed by atoms with Gasteiger partial charge in [-0.3, -0.25) is 4.79 Å². The molecule has 0 spiro atoms. The zero-order chi connectivity index (χ0) is 16.1. The van der Waals surface area contributed by atoms with Crippen molar-refractivity contribution in [3.63, 3.8) is 0 Å². The maximum absolute atomic E-state index is 12.2. The highest BCUT2D eigenvalue weighted by Crippen LogP contribution is 2.15. The van der Waals surface area contributed by atoms with Crippen LogP contribution in [0.4, 0.5) is 11.8 Å². The van der Waals surface area contributed by atoms with Crippen molar-refractivity contribution in [3.05, 3.63) is 43.0 Å². The number of aromatic nitrogens is 3. The van der Waals surface area contributed by atoms with Gasteiger partial charge in [-0.15, -0.1) is 11.7 Å². The monoisotopic (exact) mass is 314 g/mol. The van der Waals surface area contributed by atoms with Gasteiger partial charge in [-0.25, -0.2) is 0 Å². The first-order valence-electron chi connectivity index (χ1n) is 7.40. The fourth-order valence-corrected chi connectivity index (χ4v) is 2.38. The van der Waals surface area contributed by atoms with Crippen LogP contribution < -0.4 is 10.2 Å². The molecule has 2 aromatic heterocycles. The van der Waals surface area contributed by atoms with E-state index in [9.17, 15) is 4.79 Å². The molecule has 0 unspecified atom stereocenters. The van der Waals surface area contributed by atoms with Crippen LogP contribution in [-0.2, 0) is 0 Å². The average molecular weight is 314 g/mol. The number of anilines is 2. The lowest BCUT2D eigenvalue weighted by atomic mass is 10.3. The summed E-state index contributed by atoms with van der Waals surface area (Å²) in [6, 6.07) is 3.40. The Morgan fingerprint density at radius 2 is 2.22 bits per heavy atom. The Hall–Kier alpha value is -2.90. The quantitative estimate of drug-likeness (QED) is 0.825. The van der Waals surface area contributed by atoms with E-state index in [0.29, 0.717) is 44.4 Å². The van der Waals surface area contributed by atoms with Gasteiger partial charge in [-0.2, -0.15) is 10.1 Å². The molecular weight excluding hydrogens is 296 g/mol. The number of nitrogens with zero attached hydrogens (tertiary/aromatic N) is 5. The van der Waals surface area contributed by atoms with E-state index in [1.54, 1.807) is 29.3 Å². The van der Waals surface area contributed by atoms with E-state index in [1.165, 1.54) is 6.26 Å². The zero-order valence-electron chi connectivity index (χ0n) is 12.7.